The van der Waals surface area contributed by atoms with Gasteiger partial charge in [-0.3, -0.25) is 0 Å². The second kappa shape index (κ2) is 6.80. The molecular formula is C9H12Br2ClNO. The van der Waals surface area contributed by atoms with E-state index in [-0.39, 0.29) is 25.1 Å². The van der Waals surface area contributed by atoms with Gasteiger partial charge in [0.15, 0.2) is 0 Å². The quantitative estimate of drug-likeness (QED) is 0.885. The summed E-state index contributed by atoms with van der Waals surface area (Å²) in [5.74, 6) is 0. The fourth-order valence-electron chi connectivity index (χ4n) is 1.09. The minimum atomic E-state index is -0.0983. The summed E-state index contributed by atoms with van der Waals surface area (Å²) < 4.78 is 1.98. The van der Waals surface area contributed by atoms with Gasteiger partial charge in [-0.15, -0.1) is 12.4 Å². The second-order valence-corrected chi connectivity index (χ2v) is 4.65. The van der Waals surface area contributed by atoms with E-state index in [0.717, 1.165) is 14.5 Å². The lowest BCUT2D eigenvalue weighted by Crippen LogP contribution is -2.11. The molecule has 1 rings (SSSR count). The van der Waals surface area contributed by atoms with Crippen LogP contribution in [0.1, 0.15) is 18.0 Å². The molecule has 0 saturated heterocycles. The summed E-state index contributed by atoms with van der Waals surface area (Å²) in [6, 6.07) is 5.78. The van der Waals surface area contributed by atoms with E-state index in [1.165, 1.54) is 0 Å². The maximum absolute atomic E-state index is 8.73. The highest BCUT2D eigenvalue weighted by atomic mass is 79.9. The fourth-order valence-corrected chi connectivity index (χ4v) is 2.42. The molecule has 0 heterocycles. The lowest BCUT2D eigenvalue weighted by Gasteiger charge is -2.11. The molecule has 5 heteroatoms. The van der Waals surface area contributed by atoms with Crippen molar-refractivity contribution >= 4 is 44.3 Å². The van der Waals surface area contributed by atoms with Crippen molar-refractivity contribution in [1.29, 1.82) is 0 Å². The molecule has 0 aliphatic rings. The maximum Gasteiger partial charge on any atom is 0.0449 e. The first kappa shape index (κ1) is 14.4. The van der Waals surface area contributed by atoms with Gasteiger partial charge in [0.05, 0.1) is 0 Å². The van der Waals surface area contributed by atoms with E-state index in [9.17, 15) is 0 Å². The molecule has 0 spiro atoms. The summed E-state index contributed by atoms with van der Waals surface area (Å²) in [6.07, 6.45) is 0.586. The lowest BCUT2D eigenvalue weighted by molar-refractivity contribution is 0.276. The Balaban J connectivity index is 0.00000169. The van der Waals surface area contributed by atoms with Crippen molar-refractivity contribution in [2.24, 2.45) is 5.73 Å². The summed E-state index contributed by atoms with van der Waals surface area (Å²) in [6.45, 7) is 0.116. The van der Waals surface area contributed by atoms with E-state index in [1.807, 2.05) is 18.2 Å². The van der Waals surface area contributed by atoms with Crippen molar-refractivity contribution < 1.29 is 5.11 Å². The van der Waals surface area contributed by atoms with Crippen LogP contribution in [0.5, 0.6) is 0 Å². The molecular weight excluding hydrogens is 333 g/mol. The Labute approximate surface area is 107 Å². The number of rotatable bonds is 3. The van der Waals surface area contributed by atoms with E-state index in [4.69, 9.17) is 10.8 Å². The highest BCUT2D eigenvalue weighted by molar-refractivity contribution is 9.11. The van der Waals surface area contributed by atoms with Crippen LogP contribution in [-0.4, -0.2) is 11.7 Å². The Morgan fingerprint density at radius 2 is 1.71 bits per heavy atom. The zero-order valence-electron chi connectivity index (χ0n) is 7.41. The summed E-state index contributed by atoms with van der Waals surface area (Å²) in [5, 5.41) is 8.73. The molecule has 0 aromatic heterocycles. The first-order chi connectivity index (χ1) is 6.13. The molecule has 0 aliphatic carbocycles. The van der Waals surface area contributed by atoms with Crippen molar-refractivity contribution in [3.63, 3.8) is 0 Å². The summed E-state index contributed by atoms with van der Waals surface area (Å²) in [4.78, 5) is 0. The number of hydrogen-bond donors (Lipinski definition) is 2. The van der Waals surface area contributed by atoms with Gasteiger partial charge in [0.1, 0.15) is 0 Å². The summed E-state index contributed by atoms with van der Waals surface area (Å²) in [7, 11) is 0. The van der Waals surface area contributed by atoms with Crippen LogP contribution in [0, 0.1) is 0 Å². The minimum Gasteiger partial charge on any atom is -0.396 e. The van der Waals surface area contributed by atoms with Crippen molar-refractivity contribution in [2.75, 3.05) is 6.61 Å². The first-order valence-corrected chi connectivity index (χ1v) is 5.54. The Kier molecular flexibility index (Phi) is 6.99. The van der Waals surface area contributed by atoms with Gasteiger partial charge >= 0.3 is 0 Å². The highest BCUT2D eigenvalue weighted by Gasteiger charge is 2.06. The lowest BCUT2D eigenvalue weighted by atomic mass is 10.1. The third-order valence-electron chi connectivity index (χ3n) is 1.75. The number of benzene rings is 1. The van der Waals surface area contributed by atoms with Gasteiger partial charge in [-0.25, -0.2) is 0 Å². The third-order valence-corrected chi connectivity index (χ3v) is 2.67. The minimum absolute atomic E-state index is 0. The normalized spacial score (nSPS) is 12.0. The van der Waals surface area contributed by atoms with Crippen molar-refractivity contribution in [3.05, 3.63) is 32.7 Å². The molecule has 1 atom stereocenters. The van der Waals surface area contributed by atoms with Crippen LogP contribution in [0.2, 0.25) is 0 Å². The Bertz CT molecular complexity index is 276. The summed E-state index contributed by atoms with van der Waals surface area (Å²) >= 11 is 6.77. The Morgan fingerprint density at radius 1 is 1.21 bits per heavy atom. The van der Waals surface area contributed by atoms with Gasteiger partial charge in [0, 0.05) is 21.6 Å². The van der Waals surface area contributed by atoms with Crippen molar-refractivity contribution in [3.8, 4) is 0 Å². The average Bonchev–Trinajstić information content (AvgIpc) is 2.03. The zero-order chi connectivity index (χ0) is 9.84. The van der Waals surface area contributed by atoms with Gasteiger partial charge in [-0.2, -0.15) is 0 Å². The van der Waals surface area contributed by atoms with E-state index in [1.54, 1.807) is 0 Å². The van der Waals surface area contributed by atoms with Gasteiger partial charge < -0.3 is 10.8 Å². The standard InChI is InChI=1S/C9H11Br2NO.ClH/c10-7-3-6(4-8(11)5-7)9(12)1-2-13;/h3-5,9,13H,1-2,12H2;1H/t9-;/m0./s1. The average molecular weight is 345 g/mol. The Morgan fingerprint density at radius 3 is 2.14 bits per heavy atom. The molecule has 0 aliphatic heterocycles. The SMILES string of the molecule is Cl.N[C@@H](CCO)c1cc(Br)cc(Br)c1. The molecule has 0 unspecified atom stereocenters. The molecule has 0 bridgehead atoms. The predicted octanol–water partition coefficient (Wildman–Crippen LogP) is 3.02. The number of halogens is 3. The highest BCUT2D eigenvalue weighted by Crippen LogP contribution is 2.24. The molecule has 0 radical (unpaired) electrons. The van der Waals surface area contributed by atoms with Crippen molar-refractivity contribution in [1.82, 2.24) is 0 Å². The molecule has 1 aromatic rings. The predicted molar refractivity (Wildman–Crippen MR) is 67.7 cm³/mol. The molecule has 14 heavy (non-hydrogen) atoms. The van der Waals surface area contributed by atoms with Crippen LogP contribution in [0.3, 0.4) is 0 Å². The second-order valence-electron chi connectivity index (χ2n) is 2.82. The van der Waals surface area contributed by atoms with Crippen LogP contribution in [0.15, 0.2) is 27.1 Å². The van der Waals surface area contributed by atoms with Gasteiger partial charge in [0.2, 0.25) is 0 Å². The van der Waals surface area contributed by atoms with Crippen LogP contribution < -0.4 is 5.73 Å². The topological polar surface area (TPSA) is 46.2 Å². The van der Waals surface area contributed by atoms with E-state index >= 15 is 0 Å². The summed E-state index contributed by atoms with van der Waals surface area (Å²) in [5.41, 5.74) is 6.87. The molecule has 0 saturated carbocycles. The number of nitrogens with two attached hydrogens (primary N) is 1. The zero-order valence-corrected chi connectivity index (χ0v) is 11.4. The van der Waals surface area contributed by atoms with E-state index in [0.29, 0.717) is 6.42 Å². The van der Waals surface area contributed by atoms with E-state index in [2.05, 4.69) is 31.9 Å². The first-order valence-electron chi connectivity index (χ1n) is 3.96. The maximum atomic E-state index is 8.73. The number of aliphatic hydroxyl groups is 1. The smallest absolute Gasteiger partial charge is 0.0449 e. The van der Waals surface area contributed by atoms with E-state index < -0.39 is 0 Å². The third kappa shape index (κ3) is 4.28. The monoisotopic (exact) mass is 343 g/mol. The molecule has 3 N–H and O–H groups in total. The molecule has 1 aromatic carbocycles. The number of aliphatic hydroxyl groups excluding tert-OH is 1. The molecule has 80 valence electrons. The van der Waals surface area contributed by atoms with Crippen LogP contribution in [0.25, 0.3) is 0 Å². The van der Waals surface area contributed by atoms with Gasteiger partial charge in [0.25, 0.3) is 0 Å². The Hall–Kier alpha value is 0.390. The molecule has 0 amide bonds. The largest absolute Gasteiger partial charge is 0.396 e. The fraction of sp³-hybridized carbons (Fsp3) is 0.333. The van der Waals surface area contributed by atoms with Crippen molar-refractivity contribution in [2.45, 2.75) is 12.5 Å². The number of hydrogen-bond acceptors (Lipinski definition) is 2. The van der Waals surface area contributed by atoms with Gasteiger partial charge in [-0.1, -0.05) is 31.9 Å². The van der Waals surface area contributed by atoms with Crippen LogP contribution in [-0.2, 0) is 0 Å². The van der Waals surface area contributed by atoms with Gasteiger partial charge in [-0.05, 0) is 30.2 Å². The van der Waals surface area contributed by atoms with Crippen LogP contribution in [0.4, 0.5) is 0 Å². The molecule has 0 fully saturated rings. The molecule has 2 nitrogen and oxygen atoms in total. The van der Waals surface area contributed by atoms with Crippen LogP contribution >= 0.6 is 44.3 Å².